The first-order chi connectivity index (χ1) is 9.16. The second-order valence-electron chi connectivity index (χ2n) is 7.09. The van der Waals surface area contributed by atoms with Crippen LogP contribution in [0.3, 0.4) is 0 Å². The summed E-state index contributed by atoms with van der Waals surface area (Å²) in [5, 5.41) is 9.17. The summed E-state index contributed by atoms with van der Waals surface area (Å²) < 4.78 is 28.7. The molecular formula is C14H30N2O3S. The minimum Gasteiger partial charge on any atom is -0.396 e. The molecule has 0 spiro atoms. The van der Waals surface area contributed by atoms with E-state index in [9.17, 15) is 8.42 Å². The van der Waals surface area contributed by atoms with Gasteiger partial charge in [-0.05, 0) is 36.5 Å². The predicted molar refractivity (Wildman–Crippen MR) is 81.5 cm³/mol. The van der Waals surface area contributed by atoms with Gasteiger partial charge in [-0.3, -0.25) is 0 Å². The van der Waals surface area contributed by atoms with Gasteiger partial charge in [0.25, 0.3) is 10.2 Å². The Morgan fingerprint density at radius 2 is 1.80 bits per heavy atom. The molecule has 2 N–H and O–H groups in total. The predicted octanol–water partition coefficient (Wildman–Crippen LogP) is 1.60. The van der Waals surface area contributed by atoms with Crippen molar-refractivity contribution in [1.82, 2.24) is 9.03 Å². The van der Waals surface area contributed by atoms with Gasteiger partial charge in [-0.1, -0.05) is 27.7 Å². The molecule has 120 valence electrons. The molecule has 0 saturated carbocycles. The van der Waals surface area contributed by atoms with E-state index in [1.807, 2.05) is 13.8 Å². The summed E-state index contributed by atoms with van der Waals surface area (Å²) in [5.41, 5.74) is -0.139. The Balaban J connectivity index is 2.42. The lowest BCUT2D eigenvalue weighted by Crippen LogP contribution is -2.48. The molecule has 0 aromatic rings. The summed E-state index contributed by atoms with van der Waals surface area (Å²) in [4.78, 5) is 0. The molecule has 1 heterocycles. The van der Waals surface area contributed by atoms with Gasteiger partial charge in [0.15, 0.2) is 0 Å². The molecule has 0 bridgehead atoms. The quantitative estimate of drug-likeness (QED) is 0.702. The van der Waals surface area contributed by atoms with Gasteiger partial charge in [0.05, 0.1) is 0 Å². The number of hydrogen-bond donors (Lipinski definition) is 2. The average molecular weight is 306 g/mol. The second kappa shape index (κ2) is 7.20. The van der Waals surface area contributed by atoms with Crippen LogP contribution >= 0.6 is 0 Å². The van der Waals surface area contributed by atoms with E-state index in [0.29, 0.717) is 31.5 Å². The van der Waals surface area contributed by atoms with Crippen molar-refractivity contribution in [3.63, 3.8) is 0 Å². The maximum Gasteiger partial charge on any atom is 0.279 e. The molecule has 1 aliphatic heterocycles. The van der Waals surface area contributed by atoms with Crippen LogP contribution in [0.15, 0.2) is 0 Å². The van der Waals surface area contributed by atoms with Crippen molar-refractivity contribution in [1.29, 1.82) is 0 Å². The first-order valence-electron chi connectivity index (χ1n) is 7.52. The normalized spacial score (nSPS) is 25.9. The van der Waals surface area contributed by atoms with Crippen molar-refractivity contribution in [2.75, 3.05) is 26.2 Å². The van der Waals surface area contributed by atoms with Crippen LogP contribution in [0.25, 0.3) is 0 Å². The van der Waals surface area contributed by atoms with Crippen LogP contribution in [-0.2, 0) is 10.2 Å². The Labute approximate surface area is 123 Å². The van der Waals surface area contributed by atoms with E-state index in [1.54, 1.807) is 4.31 Å². The highest BCUT2D eigenvalue weighted by Gasteiger charge is 2.30. The van der Waals surface area contributed by atoms with E-state index in [4.69, 9.17) is 5.11 Å². The fourth-order valence-electron chi connectivity index (χ4n) is 2.74. The Kier molecular flexibility index (Phi) is 6.44. The molecule has 2 atom stereocenters. The summed E-state index contributed by atoms with van der Waals surface area (Å²) in [6.45, 7) is 9.95. The molecule has 0 aliphatic carbocycles. The van der Waals surface area contributed by atoms with Gasteiger partial charge >= 0.3 is 0 Å². The third-order valence-corrected chi connectivity index (χ3v) is 5.47. The fourth-order valence-corrected chi connectivity index (χ4v) is 4.23. The van der Waals surface area contributed by atoms with Gasteiger partial charge in [0.2, 0.25) is 0 Å². The van der Waals surface area contributed by atoms with Crippen LogP contribution in [0.4, 0.5) is 0 Å². The zero-order valence-corrected chi connectivity index (χ0v) is 14.0. The van der Waals surface area contributed by atoms with E-state index in [0.717, 1.165) is 19.3 Å². The van der Waals surface area contributed by atoms with E-state index < -0.39 is 10.2 Å². The smallest absolute Gasteiger partial charge is 0.279 e. The third kappa shape index (κ3) is 5.68. The maximum atomic E-state index is 12.2. The van der Waals surface area contributed by atoms with Crippen molar-refractivity contribution in [2.24, 2.45) is 17.3 Å². The highest BCUT2D eigenvalue weighted by Crippen LogP contribution is 2.23. The first-order valence-corrected chi connectivity index (χ1v) is 8.96. The molecule has 0 aromatic carbocycles. The monoisotopic (exact) mass is 306 g/mol. The van der Waals surface area contributed by atoms with Gasteiger partial charge in [0.1, 0.15) is 0 Å². The van der Waals surface area contributed by atoms with Crippen LogP contribution in [0, 0.1) is 17.3 Å². The summed E-state index contributed by atoms with van der Waals surface area (Å²) >= 11 is 0. The molecule has 20 heavy (non-hydrogen) atoms. The lowest BCUT2D eigenvalue weighted by Gasteiger charge is -2.34. The van der Waals surface area contributed by atoms with Gasteiger partial charge in [-0.25, -0.2) is 4.72 Å². The van der Waals surface area contributed by atoms with Gasteiger partial charge in [-0.2, -0.15) is 12.7 Å². The van der Waals surface area contributed by atoms with Crippen LogP contribution in [0.1, 0.15) is 47.0 Å². The number of rotatable bonds is 7. The number of nitrogens with one attached hydrogen (secondary N) is 1. The number of aliphatic hydroxyl groups is 1. The standard InChI is InChI=1S/C14H30N2O3S/c1-12-8-13(2)10-16(9-12)20(18,19)15-7-5-6-14(3,4)11-17/h12-13,15,17H,5-11H2,1-4H3. The topological polar surface area (TPSA) is 69.6 Å². The molecule has 0 amide bonds. The van der Waals surface area contributed by atoms with Gasteiger partial charge in [0, 0.05) is 26.2 Å². The van der Waals surface area contributed by atoms with E-state index in [2.05, 4.69) is 18.6 Å². The first kappa shape index (κ1) is 17.9. The highest BCUT2D eigenvalue weighted by atomic mass is 32.2. The number of piperidine rings is 1. The summed E-state index contributed by atoms with van der Waals surface area (Å²) in [7, 11) is -3.35. The van der Waals surface area contributed by atoms with Crippen LogP contribution in [0.2, 0.25) is 0 Å². The Hall–Kier alpha value is -0.170. The highest BCUT2D eigenvalue weighted by molar-refractivity contribution is 7.87. The summed E-state index contributed by atoms with van der Waals surface area (Å²) in [6.07, 6.45) is 2.64. The van der Waals surface area contributed by atoms with E-state index in [-0.39, 0.29) is 12.0 Å². The Bertz CT molecular complexity index is 385. The molecule has 1 fully saturated rings. The van der Waals surface area contributed by atoms with E-state index >= 15 is 0 Å². The molecule has 6 heteroatoms. The molecule has 0 radical (unpaired) electrons. The van der Waals surface area contributed by atoms with Crippen molar-refractivity contribution >= 4 is 10.2 Å². The molecule has 1 rings (SSSR count). The third-order valence-electron chi connectivity index (χ3n) is 3.92. The average Bonchev–Trinajstić information content (AvgIpc) is 2.34. The van der Waals surface area contributed by atoms with Crippen LogP contribution in [-0.4, -0.2) is 44.1 Å². The minimum absolute atomic E-state index is 0.126. The zero-order chi connectivity index (χ0) is 15.4. The number of nitrogens with zero attached hydrogens (tertiary/aromatic N) is 1. The Morgan fingerprint density at radius 1 is 1.25 bits per heavy atom. The molecule has 1 saturated heterocycles. The van der Waals surface area contributed by atoms with Crippen LogP contribution < -0.4 is 4.72 Å². The minimum atomic E-state index is -3.35. The molecule has 5 nitrogen and oxygen atoms in total. The number of hydrogen-bond acceptors (Lipinski definition) is 3. The SMILES string of the molecule is CC1CC(C)CN(S(=O)(=O)NCCCC(C)(C)CO)C1. The van der Waals surface area contributed by atoms with Crippen molar-refractivity contribution < 1.29 is 13.5 Å². The van der Waals surface area contributed by atoms with E-state index in [1.165, 1.54) is 0 Å². The molecule has 2 unspecified atom stereocenters. The summed E-state index contributed by atoms with van der Waals surface area (Å²) in [5.74, 6) is 0.840. The van der Waals surface area contributed by atoms with Crippen LogP contribution in [0.5, 0.6) is 0 Å². The van der Waals surface area contributed by atoms with Gasteiger partial charge < -0.3 is 5.11 Å². The van der Waals surface area contributed by atoms with Crippen molar-refractivity contribution in [2.45, 2.75) is 47.0 Å². The Morgan fingerprint density at radius 3 is 2.30 bits per heavy atom. The zero-order valence-electron chi connectivity index (χ0n) is 13.2. The molecule has 1 aliphatic rings. The maximum absolute atomic E-state index is 12.2. The lowest BCUT2D eigenvalue weighted by molar-refractivity contribution is 0.148. The fraction of sp³-hybridized carbons (Fsp3) is 1.00. The lowest BCUT2D eigenvalue weighted by atomic mass is 9.89. The molecule has 0 aromatic heterocycles. The second-order valence-corrected chi connectivity index (χ2v) is 8.84. The largest absolute Gasteiger partial charge is 0.396 e. The molecular weight excluding hydrogens is 276 g/mol. The summed E-state index contributed by atoms with van der Waals surface area (Å²) in [6, 6.07) is 0. The van der Waals surface area contributed by atoms with Crippen molar-refractivity contribution in [3.05, 3.63) is 0 Å². The number of aliphatic hydroxyl groups excluding tert-OH is 1. The van der Waals surface area contributed by atoms with Gasteiger partial charge in [-0.15, -0.1) is 0 Å². The van der Waals surface area contributed by atoms with Crippen molar-refractivity contribution in [3.8, 4) is 0 Å².